The molecule has 5 heteroatoms. The molecule has 1 aliphatic rings. The molecule has 0 aromatic heterocycles. The first-order chi connectivity index (χ1) is 7.08. The van der Waals surface area contributed by atoms with E-state index in [1.54, 1.807) is 6.92 Å². The summed E-state index contributed by atoms with van der Waals surface area (Å²) in [5.74, 6) is -1.14. The van der Waals surface area contributed by atoms with Crippen LogP contribution < -0.4 is 0 Å². The smallest absolute Gasteiger partial charge is 0.346 e. The van der Waals surface area contributed by atoms with Crippen molar-refractivity contribution < 1.29 is 19.4 Å². The van der Waals surface area contributed by atoms with Crippen LogP contribution >= 0.6 is 0 Å². The maximum Gasteiger partial charge on any atom is 0.346 e. The number of carbonyl (C=O) groups excluding carboxylic acids is 1. The zero-order valence-corrected chi connectivity index (χ0v) is 8.60. The number of carboxylic acids is 1. The first kappa shape index (κ1) is 11.8. The van der Waals surface area contributed by atoms with E-state index >= 15 is 0 Å². The third kappa shape index (κ3) is 3.13. The normalized spacial score (nSPS) is 22.5. The zero-order valence-electron chi connectivity index (χ0n) is 8.60. The molecule has 0 amide bonds. The highest BCUT2D eigenvalue weighted by Crippen LogP contribution is 2.28. The van der Waals surface area contributed by atoms with Crippen molar-refractivity contribution >= 4 is 18.5 Å². The molecule has 1 saturated heterocycles. The first-order valence-corrected chi connectivity index (χ1v) is 4.83. The Balaban J connectivity index is 2.73. The number of aliphatic carboxylic acids is 1. The van der Waals surface area contributed by atoms with Crippen molar-refractivity contribution in [2.75, 3.05) is 13.2 Å². The van der Waals surface area contributed by atoms with E-state index < -0.39 is 11.5 Å². The van der Waals surface area contributed by atoms with Gasteiger partial charge < -0.3 is 9.84 Å². The Kier molecular flexibility index (Phi) is 3.96. The summed E-state index contributed by atoms with van der Waals surface area (Å²) in [7, 11) is 0. The second-order valence-corrected chi connectivity index (χ2v) is 3.73. The van der Waals surface area contributed by atoms with E-state index in [0.717, 1.165) is 6.21 Å². The van der Waals surface area contributed by atoms with E-state index in [0.29, 0.717) is 26.1 Å². The third-order valence-corrected chi connectivity index (χ3v) is 2.67. The van der Waals surface area contributed by atoms with Gasteiger partial charge in [-0.15, -0.1) is 0 Å². The Morgan fingerprint density at radius 1 is 1.60 bits per heavy atom. The van der Waals surface area contributed by atoms with E-state index in [1.807, 2.05) is 6.29 Å². The molecule has 0 aliphatic carbocycles. The molecule has 0 spiro atoms. The Hall–Kier alpha value is -1.23. The molecule has 1 radical (unpaired) electrons. The molecule has 0 unspecified atom stereocenters. The number of hydrogen-bond acceptors (Lipinski definition) is 4. The van der Waals surface area contributed by atoms with Crippen molar-refractivity contribution in [3.05, 3.63) is 0 Å². The summed E-state index contributed by atoms with van der Waals surface area (Å²) in [6.45, 7) is 2.78. The summed E-state index contributed by atoms with van der Waals surface area (Å²) >= 11 is 0. The van der Waals surface area contributed by atoms with Crippen molar-refractivity contribution in [1.82, 2.24) is 0 Å². The van der Waals surface area contributed by atoms with Crippen LogP contribution in [0, 0.1) is 5.92 Å². The minimum atomic E-state index is -1.15. The summed E-state index contributed by atoms with van der Waals surface area (Å²) < 4.78 is 5.17. The second kappa shape index (κ2) is 5.02. The minimum Gasteiger partial charge on any atom is -0.477 e. The predicted octanol–water partition coefficient (Wildman–Crippen LogP) is 0.437. The fraction of sp³-hybridized carbons (Fsp3) is 0.700. The molecule has 15 heavy (non-hydrogen) atoms. The monoisotopic (exact) mass is 212 g/mol. The van der Waals surface area contributed by atoms with Crippen LogP contribution in [-0.2, 0) is 14.3 Å². The van der Waals surface area contributed by atoms with E-state index in [9.17, 15) is 9.59 Å². The maximum atomic E-state index is 10.9. The largest absolute Gasteiger partial charge is 0.477 e. The highest BCUT2D eigenvalue weighted by atomic mass is 16.5. The van der Waals surface area contributed by atoms with Gasteiger partial charge in [-0.3, -0.25) is 9.79 Å². The van der Waals surface area contributed by atoms with Crippen LogP contribution in [0.1, 0.15) is 19.8 Å². The van der Waals surface area contributed by atoms with Crippen molar-refractivity contribution in [2.45, 2.75) is 25.3 Å². The van der Waals surface area contributed by atoms with Crippen LogP contribution in [0.25, 0.3) is 0 Å². The summed E-state index contributed by atoms with van der Waals surface area (Å²) in [4.78, 5) is 25.0. The van der Waals surface area contributed by atoms with Gasteiger partial charge in [-0.05, 0) is 25.7 Å². The Bertz CT molecular complexity index is 271. The summed E-state index contributed by atoms with van der Waals surface area (Å²) in [5.41, 5.74) is -1.05. The van der Waals surface area contributed by atoms with E-state index in [1.165, 1.54) is 0 Å². The molecule has 0 saturated carbocycles. The predicted molar refractivity (Wildman–Crippen MR) is 53.8 cm³/mol. The van der Waals surface area contributed by atoms with Gasteiger partial charge in [0, 0.05) is 13.2 Å². The zero-order chi connectivity index (χ0) is 11.3. The van der Waals surface area contributed by atoms with Gasteiger partial charge in [0.25, 0.3) is 0 Å². The molecular weight excluding hydrogens is 198 g/mol. The highest BCUT2D eigenvalue weighted by Gasteiger charge is 2.35. The van der Waals surface area contributed by atoms with Gasteiger partial charge in [0.15, 0.2) is 0 Å². The van der Waals surface area contributed by atoms with Gasteiger partial charge in [-0.2, -0.15) is 0 Å². The molecule has 1 N–H and O–H groups in total. The minimum absolute atomic E-state index is 0.0133. The molecule has 1 atom stereocenters. The Morgan fingerprint density at radius 3 is 2.67 bits per heavy atom. The van der Waals surface area contributed by atoms with E-state index in [2.05, 4.69) is 4.99 Å². The lowest BCUT2D eigenvalue weighted by molar-refractivity contribution is -0.128. The number of aliphatic imine (C=N–C) groups is 1. The van der Waals surface area contributed by atoms with Crippen LogP contribution in [0.5, 0.6) is 0 Å². The standard InChI is InChI=1S/C10H14NO4/c1-10(7-12,11-6-9(13)14)8-2-4-15-5-3-8/h6,8H,2-5H2,1H3,(H,13,14)/t10-/m0/s1. The second-order valence-electron chi connectivity index (χ2n) is 3.73. The molecule has 0 aromatic rings. The van der Waals surface area contributed by atoms with Gasteiger partial charge in [-0.1, -0.05) is 0 Å². The third-order valence-electron chi connectivity index (χ3n) is 2.67. The fourth-order valence-electron chi connectivity index (χ4n) is 1.66. The molecule has 0 aromatic carbocycles. The molecule has 83 valence electrons. The molecule has 0 bridgehead atoms. The number of nitrogens with zero attached hydrogens (tertiary/aromatic N) is 1. The van der Waals surface area contributed by atoms with Gasteiger partial charge in [-0.25, -0.2) is 4.79 Å². The van der Waals surface area contributed by atoms with Gasteiger partial charge in [0.1, 0.15) is 11.8 Å². The maximum absolute atomic E-state index is 10.9. The van der Waals surface area contributed by atoms with Gasteiger partial charge in [0.2, 0.25) is 6.29 Å². The topological polar surface area (TPSA) is 76.0 Å². The van der Waals surface area contributed by atoms with E-state index in [4.69, 9.17) is 9.84 Å². The first-order valence-electron chi connectivity index (χ1n) is 4.83. The summed E-state index contributed by atoms with van der Waals surface area (Å²) in [6.07, 6.45) is 4.02. The van der Waals surface area contributed by atoms with Crippen molar-refractivity contribution in [3.63, 3.8) is 0 Å². The molecule has 1 rings (SSSR count). The molecule has 1 fully saturated rings. The number of rotatable bonds is 4. The number of ether oxygens (including phenoxy) is 1. The summed E-state index contributed by atoms with van der Waals surface area (Å²) in [6, 6.07) is 0. The Morgan fingerprint density at radius 2 is 2.20 bits per heavy atom. The summed E-state index contributed by atoms with van der Waals surface area (Å²) in [5, 5.41) is 8.47. The van der Waals surface area contributed by atoms with Crippen LogP contribution in [0.15, 0.2) is 4.99 Å². The van der Waals surface area contributed by atoms with Crippen LogP contribution in [-0.4, -0.2) is 42.3 Å². The lowest BCUT2D eigenvalue weighted by Crippen LogP contribution is -2.38. The lowest BCUT2D eigenvalue weighted by Gasteiger charge is -2.31. The van der Waals surface area contributed by atoms with Crippen LogP contribution in [0.4, 0.5) is 0 Å². The van der Waals surface area contributed by atoms with Crippen molar-refractivity contribution in [3.8, 4) is 0 Å². The lowest BCUT2D eigenvalue weighted by atomic mass is 9.82. The Labute approximate surface area is 88.1 Å². The van der Waals surface area contributed by atoms with Gasteiger partial charge >= 0.3 is 5.97 Å². The van der Waals surface area contributed by atoms with Crippen molar-refractivity contribution in [1.29, 1.82) is 0 Å². The average molecular weight is 212 g/mol. The highest BCUT2D eigenvalue weighted by molar-refractivity contribution is 6.22. The van der Waals surface area contributed by atoms with Gasteiger partial charge in [0.05, 0.1) is 0 Å². The SMILES string of the molecule is C[C@@]([C]=O)(N=CC(=O)O)C1CCOCC1. The molecule has 1 aliphatic heterocycles. The van der Waals surface area contributed by atoms with Crippen molar-refractivity contribution in [2.24, 2.45) is 10.9 Å². The molecule has 1 heterocycles. The van der Waals surface area contributed by atoms with Crippen LogP contribution in [0.2, 0.25) is 0 Å². The number of carbonyl (C=O) groups is 1. The van der Waals surface area contributed by atoms with E-state index in [-0.39, 0.29) is 5.92 Å². The van der Waals surface area contributed by atoms with Crippen LogP contribution in [0.3, 0.4) is 0 Å². The number of carboxylic acid groups (broad SMARTS) is 1. The average Bonchev–Trinajstić information content (AvgIpc) is 2.27. The molecular formula is C10H14NO4. The quantitative estimate of drug-likeness (QED) is 0.686. The molecule has 5 nitrogen and oxygen atoms in total. The number of hydrogen-bond donors (Lipinski definition) is 1. The fourth-order valence-corrected chi connectivity index (χ4v) is 1.66.